The standard InChI is InChI=1S/C7H11N3O2/c1-5-3-6(4-10(5)2)8-7(11)9-12/h3-4,12H,1-2H3,(H2,8,9,11). The Morgan fingerprint density at radius 2 is 2.33 bits per heavy atom. The molecular formula is C7H11N3O2. The second-order valence-electron chi connectivity index (χ2n) is 2.55. The van der Waals surface area contributed by atoms with E-state index in [2.05, 4.69) is 5.32 Å². The van der Waals surface area contributed by atoms with Crippen molar-refractivity contribution in [2.75, 3.05) is 5.32 Å². The molecule has 66 valence electrons. The average molecular weight is 169 g/mol. The summed E-state index contributed by atoms with van der Waals surface area (Å²) in [5, 5.41) is 10.6. The third-order valence-electron chi connectivity index (χ3n) is 1.61. The van der Waals surface area contributed by atoms with Gasteiger partial charge in [0.05, 0.1) is 5.69 Å². The predicted molar refractivity (Wildman–Crippen MR) is 44.1 cm³/mol. The number of aryl methyl sites for hydroxylation is 2. The van der Waals surface area contributed by atoms with E-state index >= 15 is 0 Å². The molecule has 12 heavy (non-hydrogen) atoms. The molecule has 1 heterocycles. The Labute approximate surface area is 70.0 Å². The van der Waals surface area contributed by atoms with Crippen LogP contribution < -0.4 is 10.8 Å². The molecule has 0 unspecified atom stereocenters. The van der Waals surface area contributed by atoms with Crippen molar-refractivity contribution in [1.29, 1.82) is 0 Å². The molecule has 0 saturated heterocycles. The minimum Gasteiger partial charge on any atom is -0.353 e. The zero-order valence-electron chi connectivity index (χ0n) is 6.96. The van der Waals surface area contributed by atoms with Crippen LogP contribution in [0.25, 0.3) is 0 Å². The zero-order chi connectivity index (χ0) is 9.14. The fourth-order valence-electron chi connectivity index (χ4n) is 0.902. The molecule has 0 aliphatic carbocycles. The van der Waals surface area contributed by atoms with Gasteiger partial charge >= 0.3 is 6.03 Å². The first-order valence-corrected chi connectivity index (χ1v) is 3.47. The Morgan fingerprint density at radius 1 is 1.67 bits per heavy atom. The van der Waals surface area contributed by atoms with Crippen LogP contribution in [0.4, 0.5) is 10.5 Å². The van der Waals surface area contributed by atoms with Crippen molar-refractivity contribution in [1.82, 2.24) is 10.0 Å². The molecular weight excluding hydrogens is 158 g/mol. The summed E-state index contributed by atoms with van der Waals surface area (Å²) in [4.78, 5) is 10.6. The lowest BCUT2D eigenvalue weighted by molar-refractivity contribution is 0.172. The molecule has 0 saturated carbocycles. The highest BCUT2D eigenvalue weighted by atomic mass is 16.5. The maximum Gasteiger partial charge on any atom is 0.342 e. The molecule has 1 rings (SSSR count). The fraction of sp³-hybridized carbons (Fsp3) is 0.286. The number of aromatic nitrogens is 1. The van der Waals surface area contributed by atoms with Gasteiger partial charge in [0.15, 0.2) is 0 Å². The van der Waals surface area contributed by atoms with E-state index in [0.717, 1.165) is 5.69 Å². The lowest BCUT2D eigenvalue weighted by atomic mass is 10.4. The lowest BCUT2D eigenvalue weighted by Gasteiger charge is -1.98. The molecule has 5 nitrogen and oxygen atoms in total. The summed E-state index contributed by atoms with van der Waals surface area (Å²) in [6.07, 6.45) is 1.75. The number of hydrogen-bond acceptors (Lipinski definition) is 2. The van der Waals surface area contributed by atoms with Crippen molar-refractivity contribution in [2.45, 2.75) is 6.92 Å². The summed E-state index contributed by atoms with van der Waals surface area (Å²) in [5.41, 5.74) is 3.17. The van der Waals surface area contributed by atoms with Crippen molar-refractivity contribution < 1.29 is 10.0 Å². The first-order chi connectivity index (χ1) is 5.63. The van der Waals surface area contributed by atoms with Crippen molar-refractivity contribution in [2.24, 2.45) is 7.05 Å². The molecule has 0 spiro atoms. The van der Waals surface area contributed by atoms with Crippen molar-refractivity contribution in [3.05, 3.63) is 18.0 Å². The molecule has 3 N–H and O–H groups in total. The van der Waals surface area contributed by atoms with Gasteiger partial charge < -0.3 is 9.88 Å². The summed E-state index contributed by atoms with van der Waals surface area (Å²) in [6, 6.07) is 1.16. The van der Waals surface area contributed by atoms with E-state index in [1.54, 1.807) is 12.3 Å². The van der Waals surface area contributed by atoms with E-state index in [0.29, 0.717) is 5.69 Å². The number of urea groups is 1. The normalized spacial score (nSPS) is 9.58. The van der Waals surface area contributed by atoms with Gasteiger partial charge in [-0.1, -0.05) is 0 Å². The number of amides is 2. The number of nitrogens with zero attached hydrogens (tertiary/aromatic N) is 1. The summed E-state index contributed by atoms with van der Waals surface area (Å²) >= 11 is 0. The van der Waals surface area contributed by atoms with Crippen LogP contribution in [0.5, 0.6) is 0 Å². The molecule has 0 fully saturated rings. The molecule has 0 aliphatic heterocycles. The first kappa shape index (κ1) is 8.61. The summed E-state index contributed by atoms with van der Waals surface area (Å²) in [7, 11) is 1.87. The quantitative estimate of drug-likeness (QED) is 0.431. The minimum absolute atomic E-state index is 0.638. The highest BCUT2D eigenvalue weighted by Crippen LogP contribution is 2.10. The number of carbonyl (C=O) groups is 1. The monoisotopic (exact) mass is 169 g/mol. The Kier molecular flexibility index (Phi) is 2.35. The second-order valence-corrected chi connectivity index (χ2v) is 2.55. The van der Waals surface area contributed by atoms with Gasteiger partial charge in [0.25, 0.3) is 0 Å². The van der Waals surface area contributed by atoms with Crippen LogP contribution in [0.3, 0.4) is 0 Å². The van der Waals surface area contributed by atoms with Gasteiger partial charge in [-0.3, -0.25) is 5.21 Å². The van der Waals surface area contributed by atoms with Crippen LogP contribution in [-0.4, -0.2) is 15.8 Å². The van der Waals surface area contributed by atoms with Gasteiger partial charge in [-0.2, -0.15) is 0 Å². The van der Waals surface area contributed by atoms with E-state index < -0.39 is 6.03 Å². The van der Waals surface area contributed by atoms with Gasteiger partial charge in [0.1, 0.15) is 0 Å². The average Bonchev–Trinajstić information content (AvgIpc) is 2.31. The van der Waals surface area contributed by atoms with E-state index in [1.807, 2.05) is 18.5 Å². The fourth-order valence-corrected chi connectivity index (χ4v) is 0.902. The first-order valence-electron chi connectivity index (χ1n) is 3.47. The molecule has 0 atom stereocenters. The van der Waals surface area contributed by atoms with E-state index in [1.165, 1.54) is 5.48 Å². The summed E-state index contributed by atoms with van der Waals surface area (Å²) in [6.45, 7) is 1.92. The number of hydroxylamine groups is 1. The molecule has 0 bridgehead atoms. The van der Waals surface area contributed by atoms with Crippen molar-refractivity contribution in [3.8, 4) is 0 Å². The summed E-state index contributed by atoms with van der Waals surface area (Å²) < 4.78 is 1.87. The number of anilines is 1. The topological polar surface area (TPSA) is 66.3 Å². The molecule has 2 amide bonds. The van der Waals surface area contributed by atoms with Crippen LogP contribution in [-0.2, 0) is 7.05 Å². The maximum atomic E-state index is 10.6. The largest absolute Gasteiger partial charge is 0.353 e. The molecule has 0 aromatic carbocycles. The van der Waals surface area contributed by atoms with E-state index in [9.17, 15) is 4.79 Å². The number of hydrogen-bond donors (Lipinski definition) is 3. The van der Waals surface area contributed by atoms with Crippen LogP contribution in [0.1, 0.15) is 5.69 Å². The molecule has 0 aliphatic rings. The maximum absolute atomic E-state index is 10.6. The second kappa shape index (κ2) is 3.27. The van der Waals surface area contributed by atoms with Crippen LogP contribution >= 0.6 is 0 Å². The molecule has 5 heteroatoms. The predicted octanol–water partition coefficient (Wildman–Crippen LogP) is 0.844. The third kappa shape index (κ3) is 1.76. The molecule has 1 aromatic rings. The SMILES string of the molecule is Cc1cc(NC(=O)NO)cn1C. The van der Waals surface area contributed by atoms with Gasteiger partial charge in [-0.25, -0.2) is 10.3 Å². The van der Waals surface area contributed by atoms with Gasteiger partial charge in [-0.15, -0.1) is 0 Å². The highest BCUT2D eigenvalue weighted by molar-refractivity contribution is 5.88. The van der Waals surface area contributed by atoms with E-state index in [-0.39, 0.29) is 0 Å². The smallest absolute Gasteiger partial charge is 0.342 e. The van der Waals surface area contributed by atoms with Crippen molar-refractivity contribution in [3.63, 3.8) is 0 Å². The third-order valence-corrected chi connectivity index (χ3v) is 1.61. The highest BCUT2D eigenvalue weighted by Gasteiger charge is 2.01. The lowest BCUT2D eigenvalue weighted by Crippen LogP contribution is -2.24. The minimum atomic E-state index is -0.638. The van der Waals surface area contributed by atoms with Crippen LogP contribution in [0.2, 0.25) is 0 Å². The Bertz CT molecular complexity index is 273. The van der Waals surface area contributed by atoms with Gasteiger partial charge in [0.2, 0.25) is 0 Å². The van der Waals surface area contributed by atoms with Gasteiger partial charge in [0, 0.05) is 18.9 Å². The Morgan fingerprint density at radius 3 is 2.75 bits per heavy atom. The van der Waals surface area contributed by atoms with Crippen LogP contribution in [0.15, 0.2) is 12.3 Å². The zero-order valence-corrected chi connectivity index (χ0v) is 6.96. The Hall–Kier alpha value is -1.49. The number of rotatable bonds is 1. The van der Waals surface area contributed by atoms with Crippen molar-refractivity contribution >= 4 is 11.7 Å². The molecule has 1 aromatic heterocycles. The number of nitrogens with one attached hydrogen (secondary N) is 2. The number of carbonyl (C=O) groups excluding carboxylic acids is 1. The van der Waals surface area contributed by atoms with E-state index in [4.69, 9.17) is 5.21 Å². The van der Waals surface area contributed by atoms with Crippen LogP contribution in [0, 0.1) is 6.92 Å². The Balaban J connectivity index is 2.70. The van der Waals surface area contributed by atoms with Gasteiger partial charge in [-0.05, 0) is 13.0 Å². The summed E-state index contributed by atoms with van der Waals surface area (Å²) in [5.74, 6) is 0. The molecule has 0 radical (unpaired) electrons.